The number of piperazine rings is 1. The maximum Gasteiger partial charge on any atom is 0.350 e. The third-order valence-electron chi connectivity index (χ3n) is 6.92. The summed E-state index contributed by atoms with van der Waals surface area (Å²) in [5.74, 6) is -0.975. The van der Waals surface area contributed by atoms with E-state index in [0.717, 1.165) is 25.1 Å². The molecule has 208 valence electrons. The molecule has 0 saturated carbocycles. The Morgan fingerprint density at radius 3 is 2.62 bits per heavy atom. The first-order valence-electron chi connectivity index (χ1n) is 12.9. The second-order valence-corrected chi connectivity index (χ2v) is 10.0. The van der Waals surface area contributed by atoms with Crippen molar-refractivity contribution < 1.29 is 18.3 Å². The van der Waals surface area contributed by atoms with Gasteiger partial charge in [0.25, 0.3) is 0 Å². The third-order valence-corrected chi connectivity index (χ3v) is 7.21. The van der Waals surface area contributed by atoms with Gasteiger partial charge in [-0.2, -0.15) is 4.98 Å². The molecule has 0 spiro atoms. The Kier molecular flexibility index (Phi) is 8.56. The van der Waals surface area contributed by atoms with Gasteiger partial charge in [0.05, 0.1) is 17.1 Å². The van der Waals surface area contributed by atoms with Crippen LogP contribution in [0.15, 0.2) is 41.7 Å². The topological polar surface area (TPSA) is 93.7 Å². The average molecular weight is 560 g/mol. The predicted molar refractivity (Wildman–Crippen MR) is 149 cm³/mol. The number of hydrogen-bond donors (Lipinski definition) is 1. The number of carbonyl (C=O) groups excluding carboxylic acids is 1. The molecule has 39 heavy (non-hydrogen) atoms. The maximum atomic E-state index is 14.7. The third kappa shape index (κ3) is 5.35. The molecule has 1 saturated heterocycles. The fourth-order valence-electron chi connectivity index (χ4n) is 4.96. The summed E-state index contributed by atoms with van der Waals surface area (Å²) in [5, 5.41) is 0.771. The van der Waals surface area contributed by atoms with E-state index in [-0.39, 0.29) is 53.0 Å². The zero-order valence-corrected chi connectivity index (χ0v) is 23.0. The van der Waals surface area contributed by atoms with Gasteiger partial charge in [0.15, 0.2) is 5.75 Å². The Morgan fingerprint density at radius 2 is 1.97 bits per heavy atom. The fraction of sp³-hybridized carbons (Fsp3) is 0.393. The number of rotatable bonds is 4. The van der Waals surface area contributed by atoms with Gasteiger partial charge in [-0.05, 0) is 51.1 Å². The second kappa shape index (κ2) is 11.7. The number of anilines is 1. The number of hydrogen-bond acceptors (Lipinski definition) is 6. The van der Waals surface area contributed by atoms with Crippen molar-refractivity contribution in [3.05, 3.63) is 64.1 Å². The van der Waals surface area contributed by atoms with Crippen LogP contribution in [0.2, 0.25) is 5.02 Å². The van der Waals surface area contributed by atoms with Crippen LogP contribution in [0.1, 0.15) is 27.2 Å². The first-order chi connectivity index (χ1) is 18.6. The molecule has 2 aromatic carbocycles. The maximum absolute atomic E-state index is 14.7. The Morgan fingerprint density at radius 1 is 1.26 bits per heavy atom. The highest BCUT2D eigenvalue weighted by atomic mass is 35.5. The normalized spacial score (nSPS) is 18.3. The van der Waals surface area contributed by atoms with Crippen LogP contribution in [0, 0.1) is 11.6 Å². The quantitative estimate of drug-likeness (QED) is 0.478. The summed E-state index contributed by atoms with van der Waals surface area (Å²) in [6.45, 7) is 11.6. The smallest absolute Gasteiger partial charge is 0.350 e. The molecule has 3 heterocycles. The number of benzene rings is 2. The molecule has 5 rings (SSSR count). The van der Waals surface area contributed by atoms with E-state index >= 15 is 0 Å². The highest BCUT2D eigenvalue weighted by molar-refractivity contribution is 6.35. The van der Waals surface area contributed by atoms with E-state index < -0.39 is 17.3 Å². The lowest BCUT2D eigenvalue weighted by Gasteiger charge is -2.44. The molecule has 1 aromatic heterocycles. The number of carbonyl (C=O) groups is 1. The highest BCUT2D eigenvalue weighted by Crippen LogP contribution is 2.46. The number of halogens is 3. The van der Waals surface area contributed by atoms with Crippen LogP contribution >= 0.6 is 11.6 Å². The Bertz CT molecular complexity index is 1480. The van der Waals surface area contributed by atoms with Crippen LogP contribution in [0.4, 0.5) is 14.6 Å². The van der Waals surface area contributed by atoms with Gasteiger partial charge in [-0.3, -0.25) is 9.36 Å². The predicted octanol–water partition coefficient (Wildman–Crippen LogP) is 4.35. The van der Waals surface area contributed by atoms with Gasteiger partial charge in [0.1, 0.15) is 24.1 Å². The van der Waals surface area contributed by atoms with Crippen molar-refractivity contribution in [3.8, 4) is 16.9 Å². The van der Waals surface area contributed by atoms with E-state index in [0.29, 0.717) is 29.8 Å². The van der Waals surface area contributed by atoms with Crippen LogP contribution < -0.4 is 21.1 Å². The molecule has 11 heteroatoms. The van der Waals surface area contributed by atoms with Gasteiger partial charge in [-0.25, -0.2) is 13.6 Å². The minimum absolute atomic E-state index is 0.0751. The Balaban J connectivity index is 0.000000826. The van der Waals surface area contributed by atoms with Crippen LogP contribution in [-0.4, -0.2) is 58.7 Å². The van der Waals surface area contributed by atoms with Gasteiger partial charge >= 0.3 is 5.69 Å². The molecule has 2 aliphatic heterocycles. The summed E-state index contributed by atoms with van der Waals surface area (Å²) in [5.41, 5.74) is 5.35. The van der Waals surface area contributed by atoms with Crippen molar-refractivity contribution in [2.24, 2.45) is 5.73 Å². The zero-order chi connectivity index (χ0) is 28.4. The minimum atomic E-state index is -0.787. The summed E-state index contributed by atoms with van der Waals surface area (Å²) in [6.07, 6.45) is 2.39. The molecule has 2 aliphatic rings. The number of aromatic nitrogens is 2. The largest absolute Gasteiger partial charge is 0.489 e. The average Bonchev–Trinajstić information content (AvgIpc) is 2.92. The van der Waals surface area contributed by atoms with Gasteiger partial charge in [0, 0.05) is 47.8 Å². The van der Waals surface area contributed by atoms with Crippen molar-refractivity contribution in [2.45, 2.75) is 45.8 Å². The van der Waals surface area contributed by atoms with Crippen LogP contribution in [-0.2, 0) is 11.3 Å². The number of nitrogens with zero attached hydrogens (tertiary/aromatic N) is 4. The van der Waals surface area contributed by atoms with Gasteiger partial charge in [-0.15, -0.1) is 0 Å². The number of nitrogens with two attached hydrogens (primary N) is 1. The highest BCUT2D eigenvalue weighted by Gasteiger charge is 2.34. The Hall–Kier alpha value is -3.50. The molecule has 0 aliphatic carbocycles. The van der Waals surface area contributed by atoms with E-state index in [1.54, 1.807) is 11.0 Å². The monoisotopic (exact) mass is 559 g/mol. The number of ether oxygens (including phenoxy) is 1. The zero-order valence-electron chi connectivity index (χ0n) is 22.2. The lowest BCUT2D eigenvalue weighted by atomic mass is 9.99. The van der Waals surface area contributed by atoms with Crippen molar-refractivity contribution >= 4 is 34.2 Å². The summed E-state index contributed by atoms with van der Waals surface area (Å²) in [6, 6.07) is 4.57. The lowest BCUT2D eigenvalue weighted by molar-refractivity contribution is -0.128. The van der Waals surface area contributed by atoms with E-state index in [2.05, 4.69) is 18.5 Å². The summed E-state index contributed by atoms with van der Waals surface area (Å²) < 4.78 is 35.7. The van der Waals surface area contributed by atoms with E-state index in [9.17, 15) is 18.4 Å². The molecule has 1 unspecified atom stereocenters. The number of amides is 1. The standard InChI is InChI=1S/C25H23ClF2N4O3.C3H9N/c1-4-20(33)31-11-14(3)32(12-13(31)2)24-17-10-18(26)21(16-6-5-15(27)9-19(16)28)23-22(17)30(7-8-35-23)25(34)29-24;1-2-3-4/h4-6,9-10,13-14H,1,7-8,11-12H2,2-3H3;2-4H2,1H3/t13-,14?;/m1./s1. The first-order valence-corrected chi connectivity index (χ1v) is 13.3. The van der Waals surface area contributed by atoms with Crippen LogP contribution in [0.5, 0.6) is 5.75 Å². The van der Waals surface area contributed by atoms with Crippen LogP contribution in [0.25, 0.3) is 22.0 Å². The van der Waals surface area contributed by atoms with Gasteiger partial charge in [0.2, 0.25) is 5.91 Å². The molecular formula is C28H32ClF2N5O3. The molecule has 2 N–H and O–H groups in total. The molecule has 0 bridgehead atoms. The molecule has 8 nitrogen and oxygen atoms in total. The molecule has 2 atom stereocenters. The summed E-state index contributed by atoms with van der Waals surface area (Å²) in [4.78, 5) is 33.5. The van der Waals surface area contributed by atoms with Crippen molar-refractivity contribution in [2.75, 3.05) is 31.1 Å². The van der Waals surface area contributed by atoms with Crippen molar-refractivity contribution in [1.29, 1.82) is 0 Å². The molecule has 3 aromatic rings. The van der Waals surface area contributed by atoms with E-state index in [4.69, 9.17) is 22.1 Å². The molecular weight excluding hydrogens is 528 g/mol. The molecule has 0 radical (unpaired) electrons. The Labute approximate surface area is 230 Å². The van der Waals surface area contributed by atoms with Crippen molar-refractivity contribution in [3.63, 3.8) is 0 Å². The van der Waals surface area contributed by atoms with Gasteiger partial charge < -0.3 is 20.3 Å². The lowest BCUT2D eigenvalue weighted by Crippen LogP contribution is -2.58. The first kappa shape index (κ1) is 28.5. The van der Waals surface area contributed by atoms with E-state index in [1.165, 1.54) is 16.7 Å². The fourth-order valence-corrected chi connectivity index (χ4v) is 5.25. The van der Waals surface area contributed by atoms with E-state index in [1.807, 2.05) is 18.7 Å². The molecule has 1 amide bonds. The van der Waals surface area contributed by atoms with Gasteiger partial charge in [-0.1, -0.05) is 25.1 Å². The summed E-state index contributed by atoms with van der Waals surface area (Å²) in [7, 11) is 0. The molecule has 1 fully saturated rings. The van der Waals surface area contributed by atoms with Crippen LogP contribution in [0.3, 0.4) is 0 Å². The SMILES string of the molecule is C=CC(=O)N1CC(C)N(c2nc(=O)n3c4c(c(-c5ccc(F)cc5F)c(Cl)cc24)OCC3)C[C@H]1C.CCCN. The second-order valence-electron chi connectivity index (χ2n) is 9.63. The minimum Gasteiger partial charge on any atom is -0.489 e. The summed E-state index contributed by atoms with van der Waals surface area (Å²) >= 11 is 6.67. The van der Waals surface area contributed by atoms with Crippen molar-refractivity contribution in [1.82, 2.24) is 14.5 Å².